The second kappa shape index (κ2) is 6.16. The lowest BCUT2D eigenvalue weighted by Gasteiger charge is -2.34. The number of carbonyl (C=O) groups is 1. The minimum atomic E-state index is 0.0302. The third kappa shape index (κ3) is 3.13. The molecular weight excluding hydrogens is 246 g/mol. The van der Waals surface area contributed by atoms with Gasteiger partial charge in [0.25, 0.3) is 5.91 Å². The normalized spacial score (nSPS) is 16.9. The van der Waals surface area contributed by atoms with E-state index in [0.717, 1.165) is 39.3 Å². The van der Waals surface area contributed by atoms with Crippen LogP contribution in [0.5, 0.6) is 0 Å². The first-order valence-electron chi connectivity index (χ1n) is 6.57. The summed E-state index contributed by atoms with van der Waals surface area (Å²) in [6.45, 7) is 8.50. The van der Waals surface area contributed by atoms with Gasteiger partial charge in [-0.25, -0.2) is 0 Å². The van der Waals surface area contributed by atoms with Crippen molar-refractivity contribution in [1.29, 1.82) is 0 Å². The fourth-order valence-corrected chi connectivity index (χ4v) is 2.34. The number of hydrogen-bond acceptors (Lipinski definition) is 5. The molecule has 0 atom stereocenters. The summed E-state index contributed by atoms with van der Waals surface area (Å²) < 4.78 is 10.1. The summed E-state index contributed by atoms with van der Waals surface area (Å²) in [5.41, 5.74) is 1.29. The topological polar surface area (TPSA) is 58.8 Å². The molecule has 1 aliphatic rings. The third-order valence-electron chi connectivity index (χ3n) is 3.52. The number of aryl methyl sites for hydroxylation is 2. The highest BCUT2D eigenvalue weighted by Crippen LogP contribution is 2.16. The zero-order chi connectivity index (χ0) is 13.8. The summed E-state index contributed by atoms with van der Waals surface area (Å²) in [5, 5.41) is 3.84. The van der Waals surface area contributed by atoms with Gasteiger partial charge < -0.3 is 14.2 Å². The number of methoxy groups -OCH3 is 1. The second-order valence-corrected chi connectivity index (χ2v) is 4.83. The Balaban J connectivity index is 1.93. The summed E-state index contributed by atoms with van der Waals surface area (Å²) in [4.78, 5) is 16.6. The van der Waals surface area contributed by atoms with Crippen LogP contribution in [0.3, 0.4) is 0 Å². The van der Waals surface area contributed by atoms with Crippen LogP contribution in [0.2, 0.25) is 0 Å². The van der Waals surface area contributed by atoms with Gasteiger partial charge in [-0.15, -0.1) is 0 Å². The summed E-state index contributed by atoms with van der Waals surface area (Å²) in [6, 6.07) is 0. The van der Waals surface area contributed by atoms with Gasteiger partial charge in [-0.1, -0.05) is 5.16 Å². The van der Waals surface area contributed by atoms with E-state index < -0.39 is 0 Å². The van der Waals surface area contributed by atoms with Crippen LogP contribution in [0.15, 0.2) is 4.52 Å². The van der Waals surface area contributed by atoms with Gasteiger partial charge in [0.1, 0.15) is 11.3 Å². The number of nitrogens with zero attached hydrogens (tertiary/aromatic N) is 3. The summed E-state index contributed by atoms with van der Waals surface area (Å²) in [5.74, 6) is 0.631. The van der Waals surface area contributed by atoms with E-state index in [0.29, 0.717) is 17.0 Å². The molecule has 0 aromatic carbocycles. The monoisotopic (exact) mass is 267 g/mol. The molecule has 0 N–H and O–H groups in total. The van der Waals surface area contributed by atoms with E-state index in [2.05, 4.69) is 10.1 Å². The number of carbonyl (C=O) groups excluding carboxylic acids is 1. The lowest BCUT2D eigenvalue weighted by Crippen LogP contribution is -2.49. The SMILES string of the molecule is COCCN1CCN(C(=O)c2c(C)noc2C)CC1. The standard InChI is InChI=1S/C13H21N3O3/c1-10-12(11(2)19-14-10)13(17)16-6-4-15(5-7-16)8-9-18-3/h4-9H2,1-3H3. The lowest BCUT2D eigenvalue weighted by atomic mass is 10.1. The van der Waals surface area contributed by atoms with Crippen molar-refractivity contribution in [2.24, 2.45) is 0 Å². The largest absolute Gasteiger partial charge is 0.383 e. The molecule has 1 amide bonds. The van der Waals surface area contributed by atoms with Crippen LogP contribution in [0.4, 0.5) is 0 Å². The molecule has 19 heavy (non-hydrogen) atoms. The lowest BCUT2D eigenvalue weighted by molar-refractivity contribution is 0.0592. The minimum Gasteiger partial charge on any atom is -0.383 e. The van der Waals surface area contributed by atoms with Gasteiger partial charge in [0.05, 0.1) is 12.3 Å². The van der Waals surface area contributed by atoms with Crippen molar-refractivity contribution in [3.05, 3.63) is 17.0 Å². The van der Waals surface area contributed by atoms with Crippen molar-refractivity contribution >= 4 is 5.91 Å². The molecule has 0 spiro atoms. The Morgan fingerprint density at radius 2 is 2.00 bits per heavy atom. The van der Waals surface area contributed by atoms with Gasteiger partial charge in [0.15, 0.2) is 0 Å². The second-order valence-electron chi connectivity index (χ2n) is 4.83. The van der Waals surface area contributed by atoms with Gasteiger partial charge in [0.2, 0.25) is 0 Å². The maximum Gasteiger partial charge on any atom is 0.259 e. The van der Waals surface area contributed by atoms with E-state index in [1.165, 1.54) is 0 Å². The maximum absolute atomic E-state index is 12.4. The number of hydrogen-bond donors (Lipinski definition) is 0. The van der Waals surface area contributed by atoms with Crippen LogP contribution in [0.1, 0.15) is 21.8 Å². The molecule has 0 unspecified atom stereocenters. The van der Waals surface area contributed by atoms with Crippen molar-refractivity contribution in [2.45, 2.75) is 13.8 Å². The third-order valence-corrected chi connectivity index (χ3v) is 3.52. The number of ether oxygens (including phenoxy) is 1. The first kappa shape index (κ1) is 14.0. The van der Waals surface area contributed by atoms with E-state index in [1.54, 1.807) is 21.0 Å². The number of aromatic nitrogens is 1. The van der Waals surface area contributed by atoms with Gasteiger partial charge in [0, 0.05) is 39.8 Å². The molecule has 2 heterocycles. The molecule has 6 heteroatoms. The van der Waals surface area contributed by atoms with E-state index in [1.807, 2.05) is 4.90 Å². The van der Waals surface area contributed by atoms with Crippen LogP contribution in [-0.2, 0) is 4.74 Å². The van der Waals surface area contributed by atoms with Gasteiger partial charge in [-0.2, -0.15) is 0 Å². The molecule has 1 fully saturated rings. The highest BCUT2D eigenvalue weighted by Gasteiger charge is 2.26. The van der Waals surface area contributed by atoms with Crippen molar-refractivity contribution in [2.75, 3.05) is 46.4 Å². The highest BCUT2D eigenvalue weighted by atomic mass is 16.5. The van der Waals surface area contributed by atoms with Crippen LogP contribution >= 0.6 is 0 Å². The van der Waals surface area contributed by atoms with Crippen LogP contribution in [0, 0.1) is 13.8 Å². The molecule has 6 nitrogen and oxygen atoms in total. The molecule has 1 aromatic heterocycles. The first-order chi connectivity index (χ1) is 9.13. The minimum absolute atomic E-state index is 0.0302. The van der Waals surface area contributed by atoms with Gasteiger partial charge >= 0.3 is 0 Å². The fraction of sp³-hybridized carbons (Fsp3) is 0.692. The van der Waals surface area contributed by atoms with Gasteiger partial charge in [-0.05, 0) is 13.8 Å². The Kier molecular flexibility index (Phi) is 4.55. The number of rotatable bonds is 4. The molecule has 1 saturated heterocycles. The summed E-state index contributed by atoms with van der Waals surface area (Å²) >= 11 is 0. The Bertz CT molecular complexity index is 417. The van der Waals surface area contributed by atoms with Gasteiger partial charge in [-0.3, -0.25) is 9.69 Å². The fourth-order valence-electron chi connectivity index (χ4n) is 2.34. The molecular formula is C13H21N3O3. The summed E-state index contributed by atoms with van der Waals surface area (Å²) in [7, 11) is 1.71. The molecule has 2 rings (SSSR count). The van der Waals surface area contributed by atoms with Crippen molar-refractivity contribution in [1.82, 2.24) is 15.0 Å². The Labute approximate surface area is 113 Å². The van der Waals surface area contributed by atoms with E-state index >= 15 is 0 Å². The van der Waals surface area contributed by atoms with E-state index in [-0.39, 0.29) is 5.91 Å². The predicted octanol–water partition coefficient (Wildman–Crippen LogP) is 0.696. The van der Waals surface area contributed by atoms with Crippen LogP contribution in [0.25, 0.3) is 0 Å². The molecule has 1 aromatic rings. The summed E-state index contributed by atoms with van der Waals surface area (Å²) in [6.07, 6.45) is 0. The zero-order valence-electron chi connectivity index (χ0n) is 11.8. The highest BCUT2D eigenvalue weighted by molar-refractivity contribution is 5.96. The van der Waals surface area contributed by atoms with Crippen molar-refractivity contribution < 1.29 is 14.1 Å². The van der Waals surface area contributed by atoms with Crippen molar-refractivity contribution in [3.8, 4) is 0 Å². The molecule has 1 aliphatic heterocycles. The number of amides is 1. The molecule has 0 radical (unpaired) electrons. The smallest absolute Gasteiger partial charge is 0.259 e. The van der Waals surface area contributed by atoms with Crippen LogP contribution in [-0.4, -0.2) is 67.3 Å². The van der Waals surface area contributed by atoms with Crippen LogP contribution < -0.4 is 0 Å². The molecule has 0 bridgehead atoms. The van der Waals surface area contributed by atoms with Crippen molar-refractivity contribution in [3.63, 3.8) is 0 Å². The molecule has 0 saturated carbocycles. The van der Waals surface area contributed by atoms with E-state index in [9.17, 15) is 4.79 Å². The first-order valence-corrected chi connectivity index (χ1v) is 6.57. The average Bonchev–Trinajstić information content (AvgIpc) is 2.76. The Hall–Kier alpha value is -1.40. The molecule has 0 aliphatic carbocycles. The Morgan fingerprint density at radius 3 is 2.53 bits per heavy atom. The number of piperazine rings is 1. The predicted molar refractivity (Wildman–Crippen MR) is 70.2 cm³/mol. The zero-order valence-corrected chi connectivity index (χ0v) is 11.8. The van der Waals surface area contributed by atoms with E-state index in [4.69, 9.17) is 9.26 Å². The quantitative estimate of drug-likeness (QED) is 0.803. The maximum atomic E-state index is 12.4. The Morgan fingerprint density at radius 1 is 1.32 bits per heavy atom. The average molecular weight is 267 g/mol. The molecule has 106 valence electrons.